The Balaban J connectivity index is 1.40. The first-order valence-corrected chi connectivity index (χ1v) is 13.7. The molecule has 182 valence electrons. The van der Waals surface area contributed by atoms with Gasteiger partial charge in [-0.1, -0.05) is 22.9 Å². The minimum atomic E-state index is -0.236. The zero-order chi connectivity index (χ0) is 23.9. The van der Waals surface area contributed by atoms with Crippen molar-refractivity contribution in [3.05, 3.63) is 52.8 Å². The van der Waals surface area contributed by atoms with E-state index >= 15 is 0 Å². The number of carbonyl (C=O) groups excluding carboxylic acids is 1. The van der Waals surface area contributed by atoms with Crippen LogP contribution in [0.2, 0.25) is 5.02 Å². The number of hydrogen-bond donors (Lipinski definition) is 0. The number of thiazole rings is 1. The SMILES string of the molecule is Cc1c(Cl)ccc2sc(N(CCCN3CCOCC3)C(=O)CCCSc3ccc(F)cc3)nc12. The van der Waals surface area contributed by atoms with Gasteiger partial charge in [-0.25, -0.2) is 9.37 Å². The highest BCUT2D eigenvalue weighted by molar-refractivity contribution is 7.99. The third-order valence-electron chi connectivity index (χ3n) is 5.85. The molecule has 4 rings (SSSR count). The van der Waals surface area contributed by atoms with Crippen LogP contribution in [0.5, 0.6) is 0 Å². The van der Waals surface area contributed by atoms with Gasteiger partial charge in [-0.15, -0.1) is 11.8 Å². The van der Waals surface area contributed by atoms with E-state index in [4.69, 9.17) is 21.3 Å². The fourth-order valence-corrected chi connectivity index (χ4v) is 5.96. The van der Waals surface area contributed by atoms with Crippen LogP contribution in [0.25, 0.3) is 10.2 Å². The van der Waals surface area contributed by atoms with Gasteiger partial charge in [0.25, 0.3) is 0 Å². The molecule has 0 spiro atoms. The molecule has 1 aromatic heterocycles. The molecule has 2 aromatic carbocycles. The molecule has 0 atom stereocenters. The second kappa shape index (κ2) is 12.3. The highest BCUT2D eigenvalue weighted by atomic mass is 35.5. The van der Waals surface area contributed by atoms with Crippen molar-refractivity contribution in [3.8, 4) is 0 Å². The van der Waals surface area contributed by atoms with Crippen molar-refractivity contribution in [1.29, 1.82) is 0 Å². The van der Waals surface area contributed by atoms with Gasteiger partial charge in [0.05, 0.1) is 23.4 Å². The van der Waals surface area contributed by atoms with E-state index in [1.54, 1.807) is 35.2 Å². The van der Waals surface area contributed by atoms with Crippen molar-refractivity contribution in [1.82, 2.24) is 9.88 Å². The molecule has 1 aliphatic heterocycles. The second-order valence-corrected chi connectivity index (χ2v) is 10.9. The van der Waals surface area contributed by atoms with Crippen LogP contribution in [0.15, 0.2) is 41.3 Å². The number of morpholine rings is 1. The van der Waals surface area contributed by atoms with Gasteiger partial charge in [-0.05, 0) is 67.5 Å². The van der Waals surface area contributed by atoms with Gasteiger partial charge in [0.1, 0.15) is 5.82 Å². The van der Waals surface area contributed by atoms with Crippen LogP contribution in [0, 0.1) is 12.7 Å². The number of ether oxygens (including phenoxy) is 1. The van der Waals surface area contributed by atoms with Crippen LogP contribution < -0.4 is 4.90 Å². The molecule has 9 heteroatoms. The fourth-order valence-electron chi connectivity index (χ4n) is 3.89. The molecule has 34 heavy (non-hydrogen) atoms. The van der Waals surface area contributed by atoms with E-state index < -0.39 is 0 Å². The number of benzene rings is 2. The second-order valence-electron chi connectivity index (χ2n) is 8.27. The largest absolute Gasteiger partial charge is 0.379 e. The topological polar surface area (TPSA) is 45.7 Å². The first kappa shape index (κ1) is 25.4. The van der Waals surface area contributed by atoms with E-state index in [1.807, 2.05) is 24.0 Å². The third-order valence-corrected chi connectivity index (χ3v) is 8.40. The van der Waals surface area contributed by atoms with Crippen LogP contribution in [-0.2, 0) is 9.53 Å². The van der Waals surface area contributed by atoms with Gasteiger partial charge in [-0.3, -0.25) is 14.6 Å². The van der Waals surface area contributed by atoms with Gasteiger partial charge in [0.2, 0.25) is 5.91 Å². The molecular formula is C25H29ClFN3O2S2. The summed E-state index contributed by atoms with van der Waals surface area (Å²) in [5.41, 5.74) is 1.81. The average Bonchev–Trinajstić information content (AvgIpc) is 3.28. The Labute approximate surface area is 213 Å². The average molecular weight is 522 g/mol. The number of fused-ring (bicyclic) bond motifs is 1. The Bertz CT molecular complexity index is 1100. The smallest absolute Gasteiger partial charge is 0.228 e. The minimum Gasteiger partial charge on any atom is -0.379 e. The van der Waals surface area contributed by atoms with E-state index in [0.29, 0.717) is 18.0 Å². The molecule has 1 aliphatic rings. The number of nitrogens with zero attached hydrogens (tertiary/aromatic N) is 3. The summed E-state index contributed by atoms with van der Waals surface area (Å²) in [6.07, 6.45) is 2.07. The monoisotopic (exact) mass is 521 g/mol. The number of halogens is 2. The molecule has 3 aromatic rings. The predicted octanol–water partition coefficient (Wildman–Crippen LogP) is 6.03. The minimum absolute atomic E-state index is 0.0875. The lowest BCUT2D eigenvalue weighted by molar-refractivity contribution is -0.118. The summed E-state index contributed by atoms with van der Waals surface area (Å²) in [5.74, 6) is 0.650. The van der Waals surface area contributed by atoms with Gasteiger partial charge in [-0.2, -0.15) is 0 Å². The highest BCUT2D eigenvalue weighted by Gasteiger charge is 2.21. The maximum Gasteiger partial charge on any atom is 0.228 e. The van der Waals surface area contributed by atoms with Gasteiger partial charge >= 0.3 is 0 Å². The van der Waals surface area contributed by atoms with Crippen molar-refractivity contribution in [3.63, 3.8) is 0 Å². The number of hydrogen-bond acceptors (Lipinski definition) is 6. The van der Waals surface area contributed by atoms with Crippen LogP contribution in [0.4, 0.5) is 9.52 Å². The van der Waals surface area contributed by atoms with Crippen molar-refractivity contribution in [2.45, 2.75) is 31.1 Å². The molecule has 0 unspecified atom stereocenters. The summed E-state index contributed by atoms with van der Waals surface area (Å²) in [4.78, 5) is 23.3. The number of rotatable bonds is 10. The van der Waals surface area contributed by atoms with Gasteiger partial charge in [0, 0.05) is 42.5 Å². The Morgan fingerprint density at radius 1 is 1.21 bits per heavy atom. The third kappa shape index (κ3) is 6.70. The number of amides is 1. The van der Waals surface area contributed by atoms with E-state index in [1.165, 1.54) is 12.1 Å². The highest BCUT2D eigenvalue weighted by Crippen LogP contribution is 2.34. The van der Waals surface area contributed by atoms with E-state index in [0.717, 1.165) is 77.2 Å². The molecule has 0 aliphatic carbocycles. The Morgan fingerprint density at radius 3 is 2.74 bits per heavy atom. The number of thioether (sulfide) groups is 1. The summed E-state index contributed by atoms with van der Waals surface area (Å²) in [7, 11) is 0. The van der Waals surface area contributed by atoms with Crippen LogP contribution in [0.3, 0.4) is 0 Å². The Morgan fingerprint density at radius 2 is 1.97 bits per heavy atom. The van der Waals surface area contributed by atoms with E-state index in [9.17, 15) is 9.18 Å². The Hall–Kier alpha value is -1.71. The molecule has 1 amide bonds. The summed E-state index contributed by atoms with van der Waals surface area (Å²) >= 11 is 9.48. The number of anilines is 1. The summed E-state index contributed by atoms with van der Waals surface area (Å²) in [6.45, 7) is 6.95. The first-order valence-electron chi connectivity index (χ1n) is 11.6. The van der Waals surface area contributed by atoms with Crippen molar-refractivity contribution in [2.75, 3.05) is 50.0 Å². The maximum atomic E-state index is 13.3. The molecule has 1 fully saturated rings. The lowest BCUT2D eigenvalue weighted by Crippen LogP contribution is -2.39. The molecule has 5 nitrogen and oxygen atoms in total. The predicted molar refractivity (Wildman–Crippen MR) is 140 cm³/mol. The van der Waals surface area contributed by atoms with Crippen LogP contribution in [-0.4, -0.2) is 60.9 Å². The molecule has 0 N–H and O–H groups in total. The Kier molecular flexibility index (Phi) is 9.19. The maximum absolute atomic E-state index is 13.3. The molecule has 2 heterocycles. The zero-order valence-electron chi connectivity index (χ0n) is 19.3. The van der Waals surface area contributed by atoms with Gasteiger partial charge < -0.3 is 4.74 Å². The van der Waals surface area contributed by atoms with Gasteiger partial charge in [0.15, 0.2) is 5.13 Å². The number of carbonyl (C=O) groups is 1. The number of aromatic nitrogens is 1. The van der Waals surface area contributed by atoms with Crippen LogP contribution in [0.1, 0.15) is 24.8 Å². The van der Waals surface area contributed by atoms with Crippen LogP contribution >= 0.6 is 34.7 Å². The molecule has 0 saturated carbocycles. The summed E-state index contributed by atoms with van der Waals surface area (Å²) < 4.78 is 19.6. The van der Waals surface area contributed by atoms with Crippen molar-refractivity contribution in [2.24, 2.45) is 0 Å². The summed E-state index contributed by atoms with van der Waals surface area (Å²) in [6, 6.07) is 10.3. The molecule has 0 bridgehead atoms. The van der Waals surface area contributed by atoms with Crippen molar-refractivity contribution < 1.29 is 13.9 Å². The first-order chi connectivity index (χ1) is 16.5. The van der Waals surface area contributed by atoms with E-state index in [-0.39, 0.29) is 11.7 Å². The lowest BCUT2D eigenvalue weighted by Gasteiger charge is -2.27. The van der Waals surface area contributed by atoms with Crippen molar-refractivity contribution >= 4 is 56.0 Å². The fraction of sp³-hybridized carbons (Fsp3) is 0.440. The molecular weight excluding hydrogens is 493 g/mol. The molecule has 0 radical (unpaired) electrons. The zero-order valence-corrected chi connectivity index (χ0v) is 21.7. The summed E-state index contributed by atoms with van der Waals surface area (Å²) in [5, 5.41) is 1.42. The quantitative estimate of drug-likeness (QED) is 0.241. The molecule has 1 saturated heterocycles. The lowest BCUT2D eigenvalue weighted by atomic mass is 10.2. The van der Waals surface area contributed by atoms with E-state index in [2.05, 4.69) is 4.90 Å². The normalized spacial score (nSPS) is 14.6. The number of aryl methyl sites for hydroxylation is 1. The standard InChI is InChI=1S/C25H29ClFN3O2S2/c1-18-21(26)9-10-22-24(18)28-25(34-22)30(12-3-11-29-13-15-32-16-14-29)23(31)4-2-17-33-20-7-5-19(27)6-8-20/h5-10H,2-4,11-17H2,1H3.